The highest BCUT2D eigenvalue weighted by Crippen LogP contribution is 2.47. The molecule has 0 saturated heterocycles. The van der Waals surface area contributed by atoms with Crippen LogP contribution in [0.1, 0.15) is 45.1 Å². The molecule has 8 nitrogen and oxygen atoms in total. The van der Waals surface area contributed by atoms with E-state index in [0.29, 0.717) is 41.1 Å². The van der Waals surface area contributed by atoms with Crippen LogP contribution in [0, 0.1) is 15.5 Å². The van der Waals surface area contributed by atoms with Gasteiger partial charge in [-0.05, 0) is 42.5 Å². The molecular weight excluding hydrogens is 444 g/mol. The van der Waals surface area contributed by atoms with Crippen molar-refractivity contribution in [2.75, 3.05) is 5.32 Å². The minimum absolute atomic E-state index is 0.0109. The average Bonchev–Trinajstić information content (AvgIpc) is 2.72. The third-order valence-corrected chi connectivity index (χ3v) is 6.21. The third kappa shape index (κ3) is 4.39. The van der Waals surface area contributed by atoms with Gasteiger partial charge in [-0.25, -0.2) is 4.98 Å². The smallest absolute Gasteiger partial charge is 0.288 e. The number of ketones is 1. The van der Waals surface area contributed by atoms with Crippen molar-refractivity contribution in [3.05, 3.63) is 85.8 Å². The number of dihydropyridines is 1. The summed E-state index contributed by atoms with van der Waals surface area (Å²) in [5.41, 5.74) is 2.03. The van der Waals surface area contributed by atoms with Gasteiger partial charge in [0.2, 0.25) is 0 Å². The number of carbonyl (C=O) groups is 2. The molecule has 0 saturated carbocycles. The van der Waals surface area contributed by atoms with E-state index in [1.165, 1.54) is 12.1 Å². The van der Waals surface area contributed by atoms with Gasteiger partial charge in [-0.3, -0.25) is 19.7 Å². The van der Waals surface area contributed by atoms with E-state index in [9.17, 15) is 19.7 Å². The zero-order valence-electron chi connectivity index (χ0n) is 18.4. The molecule has 170 valence electrons. The Kier molecular flexibility index (Phi) is 5.80. The van der Waals surface area contributed by atoms with E-state index in [-0.39, 0.29) is 21.9 Å². The number of halogens is 1. The van der Waals surface area contributed by atoms with E-state index in [2.05, 4.69) is 15.6 Å². The molecule has 0 spiro atoms. The van der Waals surface area contributed by atoms with Gasteiger partial charge in [0.25, 0.3) is 11.6 Å². The molecule has 2 aliphatic rings. The number of amides is 1. The maximum Gasteiger partial charge on any atom is 0.288 e. The second-order valence-corrected chi connectivity index (χ2v) is 9.47. The number of nitrogens with one attached hydrogen (secondary N) is 2. The highest BCUT2D eigenvalue weighted by atomic mass is 35.5. The van der Waals surface area contributed by atoms with Gasteiger partial charge in [0.05, 0.1) is 4.92 Å². The molecule has 0 radical (unpaired) electrons. The standard InChI is InChI=1S/C24H23ClN4O4/c1-13-20(23(31)28-19-6-4-5-9-26-19)21(14-7-8-15(25)17(10-14)29(32)33)22-16(27-13)11-24(2,3)12-18(22)30/h4-10,21,27H,11-12H2,1-3H3,(H,26,28,31). The summed E-state index contributed by atoms with van der Waals surface area (Å²) >= 11 is 6.04. The number of hydrogen-bond donors (Lipinski definition) is 2. The lowest BCUT2D eigenvalue weighted by atomic mass is 9.68. The first-order valence-corrected chi connectivity index (χ1v) is 10.9. The summed E-state index contributed by atoms with van der Waals surface area (Å²) in [5, 5.41) is 17.6. The van der Waals surface area contributed by atoms with Gasteiger partial charge in [-0.1, -0.05) is 37.6 Å². The van der Waals surface area contributed by atoms with Gasteiger partial charge in [0, 0.05) is 47.1 Å². The summed E-state index contributed by atoms with van der Waals surface area (Å²) in [6.45, 7) is 5.79. The second kappa shape index (κ2) is 8.44. The summed E-state index contributed by atoms with van der Waals surface area (Å²) in [4.78, 5) is 41.8. The van der Waals surface area contributed by atoms with E-state index in [1.54, 1.807) is 37.4 Å². The molecule has 4 rings (SSSR count). The molecule has 0 fully saturated rings. The quantitative estimate of drug-likeness (QED) is 0.490. The minimum Gasteiger partial charge on any atom is -0.362 e. The summed E-state index contributed by atoms with van der Waals surface area (Å²) < 4.78 is 0. The Hall–Kier alpha value is -3.52. The maximum absolute atomic E-state index is 13.4. The number of nitro groups is 1. The zero-order valence-corrected chi connectivity index (χ0v) is 19.2. The average molecular weight is 467 g/mol. The van der Waals surface area contributed by atoms with Crippen molar-refractivity contribution < 1.29 is 14.5 Å². The first-order chi connectivity index (χ1) is 15.6. The van der Waals surface area contributed by atoms with Crippen molar-refractivity contribution in [3.8, 4) is 0 Å². The van der Waals surface area contributed by atoms with Gasteiger partial charge in [-0.2, -0.15) is 0 Å². The molecule has 1 aliphatic carbocycles. The monoisotopic (exact) mass is 466 g/mol. The van der Waals surface area contributed by atoms with E-state index in [0.717, 1.165) is 5.70 Å². The van der Waals surface area contributed by atoms with Crippen LogP contribution in [-0.4, -0.2) is 21.6 Å². The maximum atomic E-state index is 13.4. The predicted octanol–water partition coefficient (Wildman–Crippen LogP) is 4.89. The molecule has 2 aromatic rings. The van der Waals surface area contributed by atoms with Gasteiger partial charge >= 0.3 is 0 Å². The third-order valence-electron chi connectivity index (χ3n) is 5.89. The van der Waals surface area contributed by atoms with Crippen LogP contribution in [0.4, 0.5) is 11.5 Å². The normalized spacial score (nSPS) is 19.6. The number of Topliss-reactive ketones (excluding diaryl/α,β-unsaturated/α-hetero) is 1. The van der Waals surface area contributed by atoms with Crippen LogP contribution in [-0.2, 0) is 9.59 Å². The van der Waals surface area contributed by atoms with Crippen molar-refractivity contribution in [1.29, 1.82) is 0 Å². The lowest BCUT2D eigenvalue weighted by Gasteiger charge is -2.39. The Morgan fingerprint density at radius 1 is 1.27 bits per heavy atom. The molecule has 1 aromatic heterocycles. The van der Waals surface area contributed by atoms with Crippen LogP contribution in [0.25, 0.3) is 0 Å². The number of aromatic nitrogens is 1. The molecule has 9 heteroatoms. The summed E-state index contributed by atoms with van der Waals surface area (Å²) in [6.07, 6.45) is 2.49. The van der Waals surface area contributed by atoms with E-state index in [4.69, 9.17) is 11.6 Å². The molecule has 2 N–H and O–H groups in total. The number of hydrogen-bond acceptors (Lipinski definition) is 6. The Balaban J connectivity index is 1.87. The lowest BCUT2D eigenvalue weighted by molar-refractivity contribution is -0.384. The zero-order chi connectivity index (χ0) is 23.9. The number of rotatable bonds is 4. The minimum atomic E-state index is -0.774. The van der Waals surface area contributed by atoms with E-state index < -0.39 is 16.7 Å². The van der Waals surface area contributed by atoms with Gasteiger partial charge in [-0.15, -0.1) is 0 Å². The Morgan fingerprint density at radius 3 is 2.70 bits per heavy atom. The van der Waals surface area contributed by atoms with Crippen molar-refractivity contribution in [3.63, 3.8) is 0 Å². The van der Waals surface area contributed by atoms with Crippen molar-refractivity contribution in [1.82, 2.24) is 10.3 Å². The second-order valence-electron chi connectivity index (χ2n) is 9.07. The molecule has 1 atom stereocenters. The molecule has 1 amide bonds. The van der Waals surface area contributed by atoms with Crippen LogP contribution in [0.3, 0.4) is 0 Å². The number of anilines is 1. The van der Waals surface area contributed by atoms with Crippen LogP contribution < -0.4 is 10.6 Å². The van der Waals surface area contributed by atoms with Crippen LogP contribution in [0.5, 0.6) is 0 Å². The number of nitrogens with zero attached hydrogens (tertiary/aromatic N) is 2. The molecule has 1 unspecified atom stereocenters. The lowest BCUT2D eigenvalue weighted by Crippen LogP contribution is -2.39. The van der Waals surface area contributed by atoms with Gasteiger partial charge < -0.3 is 10.6 Å². The Morgan fingerprint density at radius 2 is 2.03 bits per heavy atom. The van der Waals surface area contributed by atoms with Crippen molar-refractivity contribution in [2.45, 2.75) is 39.5 Å². The first-order valence-electron chi connectivity index (χ1n) is 10.5. The van der Waals surface area contributed by atoms with Gasteiger partial charge in [0.15, 0.2) is 5.78 Å². The van der Waals surface area contributed by atoms with Crippen molar-refractivity contribution >= 4 is 34.8 Å². The van der Waals surface area contributed by atoms with Crippen LogP contribution in [0.2, 0.25) is 5.02 Å². The molecular formula is C24H23ClN4O4. The predicted molar refractivity (Wildman–Crippen MR) is 125 cm³/mol. The molecule has 0 bridgehead atoms. The SMILES string of the molecule is CC1=C(C(=O)Nc2ccccn2)C(c2ccc(Cl)c([N+](=O)[O-])c2)C2=C(CC(C)(C)CC2=O)N1. The Labute approximate surface area is 195 Å². The van der Waals surface area contributed by atoms with E-state index in [1.807, 2.05) is 13.8 Å². The number of nitro benzene ring substituents is 1. The van der Waals surface area contributed by atoms with Crippen LogP contribution in [0.15, 0.2) is 65.1 Å². The molecule has 1 aliphatic heterocycles. The number of pyridine rings is 1. The first kappa shape index (κ1) is 22.7. The molecule has 1 aromatic carbocycles. The highest BCUT2D eigenvalue weighted by Gasteiger charge is 2.43. The molecule has 33 heavy (non-hydrogen) atoms. The topological polar surface area (TPSA) is 114 Å². The van der Waals surface area contributed by atoms with E-state index >= 15 is 0 Å². The number of carbonyl (C=O) groups excluding carboxylic acids is 2. The summed E-state index contributed by atoms with van der Waals surface area (Å²) in [5.74, 6) is -0.943. The Bertz CT molecular complexity index is 1230. The molecule has 2 heterocycles. The fourth-order valence-electron chi connectivity index (χ4n) is 4.54. The van der Waals surface area contributed by atoms with Crippen molar-refractivity contribution in [2.24, 2.45) is 5.41 Å². The fraction of sp³-hybridized carbons (Fsp3) is 0.292. The van der Waals surface area contributed by atoms with Crippen LogP contribution >= 0.6 is 11.6 Å². The fourth-order valence-corrected chi connectivity index (χ4v) is 4.73. The van der Waals surface area contributed by atoms with Gasteiger partial charge in [0.1, 0.15) is 10.8 Å². The highest BCUT2D eigenvalue weighted by molar-refractivity contribution is 6.32. The number of benzene rings is 1. The number of allylic oxidation sites excluding steroid dienone is 3. The summed E-state index contributed by atoms with van der Waals surface area (Å²) in [7, 11) is 0. The largest absolute Gasteiger partial charge is 0.362 e. The summed E-state index contributed by atoms with van der Waals surface area (Å²) in [6, 6.07) is 9.54.